The number of rotatable bonds is 6. The predicted octanol–water partition coefficient (Wildman–Crippen LogP) is 3.61. The monoisotopic (exact) mass is 476 g/mol. The van der Waals surface area contributed by atoms with Crippen molar-refractivity contribution in [1.82, 2.24) is 15.2 Å². The third kappa shape index (κ3) is 3.76. The van der Waals surface area contributed by atoms with Crippen molar-refractivity contribution in [1.29, 1.82) is 0 Å². The lowest BCUT2D eigenvalue weighted by Gasteiger charge is -2.51. The van der Waals surface area contributed by atoms with Gasteiger partial charge in [-0.25, -0.2) is 9.37 Å². The smallest absolute Gasteiger partial charge is 0.255 e. The summed E-state index contributed by atoms with van der Waals surface area (Å²) in [7, 11) is 0. The standard InChI is InChI=1S/C28H33FN4O2/c29-13-14-33-17-22-5-6-28(22,18-33)21-3-1-19(2-4-21)20-15-23(24(30)31-16-20)25(34)32-26-7-10-27(35,11-8-26)12-9-26/h1-6,15-16,22,35H,7-14,17-18H2,(H2,30,31)(H,32,34)/t22-,26?,27?,28+/m1/s1. The fraction of sp³-hybridized carbons (Fsp3) is 0.500. The summed E-state index contributed by atoms with van der Waals surface area (Å²) >= 11 is 0. The highest BCUT2D eigenvalue weighted by molar-refractivity contribution is 5.99. The number of carbonyl (C=O) groups excluding carboxylic acids is 1. The van der Waals surface area contributed by atoms with Crippen LogP contribution in [0.4, 0.5) is 10.2 Å². The van der Waals surface area contributed by atoms with Crippen LogP contribution in [0, 0.1) is 5.92 Å². The lowest BCUT2D eigenvalue weighted by Crippen LogP contribution is -2.58. The Labute approximate surface area is 205 Å². The molecule has 2 atom stereocenters. The second kappa shape index (κ2) is 8.14. The van der Waals surface area contributed by atoms with Crippen molar-refractivity contribution in [3.63, 3.8) is 0 Å². The van der Waals surface area contributed by atoms with Crippen molar-refractivity contribution >= 4 is 11.7 Å². The number of carbonyl (C=O) groups is 1. The van der Waals surface area contributed by atoms with Crippen LogP contribution >= 0.6 is 0 Å². The lowest BCUT2D eigenvalue weighted by molar-refractivity contribution is -0.0702. The maximum Gasteiger partial charge on any atom is 0.255 e. The number of nitrogens with two attached hydrogens (primary N) is 1. The summed E-state index contributed by atoms with van der Waals surface area (Å²) in [5.74, 6) is 0.465. The predicted molar refractivity (Wildman–Crippen MR) is 134 cm³/mol. The lowest BCUT2D eigenvalue weighted by atomic mass is 9.63. The number of alkyl halides is 1. The number of anilines is 1. The third-order valence-corrected chi connectivity index (χ3v) is 9.13. The first-order chi connectivity index (χ1) is 16.8. The zero-order valence-electron chi connectivity index (χ0n) is 20.0. The van der Waals surface area contributed by atoms with Crippen LogP contribution in [0.25, 0.3) is 11.1 Å². The van der Waals surface area contributed by atoms with Gasteiger partial charge in [-0.1, -0.05) is 36.4 Å². The van der Waals surface area contributed by atoms with Crippen LogP contribution in [0.5, 0.6) is 0 Å². The van der Waals surface area contributed by atoms with Crippen molar-refractivity contribution in [2.75, 3.05) is 32.0 Å². The molecule has 35 heavy (non-hydrogen) atoms. The Morgan fingerprint density at radius 1 is 1.14 bits per heavy atom. The number of hydrogen-bond acceptors (Lipinski definition) is 5. The Bertz CT molecular complexity index is 1160. The van der Waals surface area contributed by atoms with Crippen LogP contribution in [0.3, 0.4) is 0 Å². The van der Waals surface area contributed by atoms with Gasteiger partial charge in [0.05, 0.1) is 11.2 Å². The topological polar surface area (TPSA) is 91.5 Å². The molecule has 7 rings (SSSR count). The molecule has 4 fully saturated rings. The molecule has 2 bridgehead atoms. The highest BCUT2D eigenvalue weighted by Gasteiger charge is 2.50. The molecule has 5 aliphatic rings. The molecule has 3 saturated carbocycles. The normalized spacial score (nSPS) is 33.4. The number of likely N-dealkylation sites (tertiary alicyclic amines) is 1. The van der Waals surface area contributed by atoms with Crippen LogP contribution in [0.15, 0.2) is 48.7 Å². The first kappa shape index (κ1) is 22.7. The van der Waals surface area contributed by atoms with Crippen LogP contribution in [0.2, 0.25) is 0 Å². The average molecular weight is 477 g/mol. The molecule has 184 valence electrons. The molecular weight excluding hydrogens is 443 g/mol. The number of hydrogen-bond donors (Lipinski definition) is 3. The Kier molecular flexibility index (Phi) is 5.27. The van der Waals surface area contributed by atoms with Gasteiger partial charge in [0.15, 0.2) is 0 Å². The van der Waals surface area contributed by atoms with E-state index in [-0.39, 0.29) is 29.4 Å². The van der Waals surface area contributed by atoms with E-state index >= 15 is 0 Å². The summed E-state index contributed by atoms with van der Waals surface area (Å²) in [6.07, 6.45) is 10.8. The van der Waals surface area contributed by atoms with E-state index in [9.17, 15) is 14.3 Å². The molecule has 6 nitrogen and oxygen atoms in total. The van der Waals surface area contributed by atoms with E-state index in [1.807, 2.05) is 6.07 Å². The van der Waals surface area contributed by atoms with Gasteiger partial charge in [0.25, 0.3) is 5.91 Å². The number of amides is 1. The van der Waals surface area contributed by atoms with E-state index in [2.05, 4.69) is 51.6 Å². The van der Waals surface area contributed by atoms with Crippen molar-refractivity contribution in [2.24, 2.45) is 5.92 Å². The summed E-state index contributed by atoms with van der Waals surface area (Å²) in [4.78, 5) is 19.8. The van der Waals surface area contributed by atoms with Gasteiger partial charge in [-0.15, -0.1) is 0 Å². The molecule has 2 heterocycles. The number of aromatic nitrogens is 1. The number of nitrogens with one attached hydrogen (secondary N) is 1. The summed E-state index contributed by atoms with van der Waals surface area (Å²) in [5, 5.41) is 13.7. The first-order valence-corrected chi connectivity index (χ1v) is 12.7. The molecule has 1 aliphatic heterocycles. The first-order valence-electron chi connectivity index (χ1n) is 12.7. The van der Waals surface area contributed by atoms with Crippen LogP contribution in [-0.4, -0.2) is 58.3 Å². The van der Waals surface area contributed by atoms with Gasteiger partial charge in [0.1, 0.15) is 12.5 Å². The van der Waals surface area contributed by atoms with Gasteiger partial charge in [-0.2, -0.15) is 0 Å². The fourth-order valence-electron chi connectivity index (χ4n) is 6.71. The molecule has 2 aromatic rings. The Morgan fingerprint density at radius 3 is 2.49 bits per heavy atom. The summed E-state index contributed by atoms with van der Waals surface area (Å²) < 4.78 is 12.9. The minimum Gasteiger partial charge on any atom is -0.390 e. The summed E-state index contributed by atoms with van der Waals surface area (Å²) in [6, 6.07) is 10.3. The van der Waals surface area contributed by atoms with Crippen molar-refractivity contribution in [3.8, 4) is 11.1 Å². The Balaban J connectivity index is 1.21. The second-order valence-corrected chi connectivity index (χ2v) is 11.1. The summed E-state index contributed by atoms with van der Waals surface area (Å²) in [6.45, 7) is 1.93. The van der Waals surface area contributed by atoms with Crippen molar-refractivity contribution in [3.05, 3.63) is 59.8 Å². The molecular formula is C28H33FN4O2. The van der Waals surface area contributed by atoms with Crippen LogP contribution in [-0.2, 0) is 5.41 Å². The minimum absolute atomic E-state index is 0.0242. The van der Waals surface area contributed by atoms with E-state index in [1.165, 1.54) is 5.56 Å². The van der Waals surface area contributed by atoms with E-state index in [1.54, 1.807) is 6.20 Å². The molecule has 4 aliphatic carbocycles. The number of halogens is 1. The van der Waals surface area contributed by atoms with E-state index in [4.69, 9.17) is 5.73 Å². The van der Waals surface area contributed by atoms with Crippen molar-refractivity contribution in [2.45, 2.75) is 55.1 Å². The Morgan fingerprint density at radius 2 is 1.86 bits per heavy atom. The SMILES string of the molecule is Nc1ncc(-c2ccc([C@@]34C=C[C@@H]3CN(CCF)C4)cc2)cc1C(=O)NC12CCC(O)(CC1)CC2. The highest BCUT2D eigenvalue weighted by Crippen LogP contribution is 2.48. The molecule has 0 spiro atoms. The number of nitrogens with zero attached hydrogens (tertiary/aromatic N) is 2. The number of aliphatic hydroxyl groups is 1. The highest BCUT2D eigenvalue weighted by atomic mass is 19.1. The molecule has 0 radical (unpaired) electrons. The van der Waals surface area contributed by atoms with Gasteiger partial charge in [-0.3, -0.25) is 9.69 Å². The van der Waals surface area contributed by atoms with Gasteiger partial charge in [0.2, 0.25) is 0 Å². The maximum absolute atomic E-state index is 13.2. The van der Waals surface area contributed by atoms with Crippen LogP contribution in [0.1, 0.15) is 54.4 Å². The molecule has 7 heteroatoms. The van der Waals surface area contributed by atoms with E-state index < -0.39 is 5.60 Å². The quantitative estimate of drug-likeness (QED) is 0.554. The second-order valence-electron chi connectivity index (χ2n) is 11.1. The summed E-state index contributed by atoms with van der Waals surface area (Å²) in [5.41, 5.74) is 8.76. The molecule has 1 amide bonds. The minimum atomic E-state index is -0.544. The van der Waals surface area contributed by atoms with Gasteiger partial charge < -0.3 is 16.2 Å². The Hall–Kier alpha value is -2.77. The van der Waals surface area contributed by atoms with Gasteiger partial charge >= 0.3 is 0 Å². The zero-order valence-corrected chi connectivity index (χ0v) is 20.0. The molecule has 1 saturated heterocycles. The maximum atomic E-state index is 13.2. The van der Waals surface area contributed by atoms with Crippen molar-refractivity contribution < 1.29 is 14.3 Å². The molecule has 4 N–H and O–H groups in total. The molecule has 1 aromatic heterocycles. The van der Waals surface area contributed by atoms with E-state index in [0.29, 0.717) is 18.0 Å². The fourth-order valence-corrected chi connectivity index (χ4v) is 6.71. The largest absolute Gasteiger partial charge is 0.390 e. The average Bonchev–Trinajstić information content (AvgIpc) is 3.11. The number of nitrogen functional groups attached to an aromatic ring is 1. The van der Waals surface area contributed by atoms with Gasteiger partial charge in [0, 0.05) is 48.3 Å². The van der Waals surface area contributed by atoms with E-state index in [0.717, 1.165) is 62.7 Å². The molecule has 1 aromatic carbocycles. The molecule has 0 unspecified atom stereocenters. The van der Waals surface area contributed by atoms with Crippen LogP contribution < -0.4 is 11.1 Å². The number of benzene rings is 1. The van der Waals surface area contributed by atoms with Gasteiger partial charge in [-0.05, 0) is 55.7 Å². The number of pyridine rings is 1. The zero-order chi connectivity index (χ0) is 24.3. The third-order valence-electron chi connectivity index (χ3n) is 9.13. The number of fused-ring (bicyclic) bond motifs is 4.